The van der Waals surface area contributed by atoms with Gasteiger partial charge in [-0.2, -0.15) is 0 Å². The molecule has 1 amide bonds. The van der Waals surface area contributed by atoms with Crippen molar-refractivity contribution >= 4 is 21.8 Å². The molecule has 1 aromatic carbocycles. The molecule has 0 aromatic heterocycles. The number of nitrogens with zero attached hydrogens (tertiary/aromatic N) is 1. The van der Waals surface area contributed by atoms with Crippen LogP contribution in [0.2, 0.25) is 0 Å². The Morgan fingerprint density at radius 3 is 2.42 bits per heavy atom. The summed E-state index contributed by atoms with van der Waals surface area (Å²) in [4.78, 5) is 21.6. The van der Waals surface area contributed by atoms with E-state index >= 15 is 0 Å². The SMILES string of the molecule is CCC(CNC(=O)OC(C)(C)C)CNS(=O)(=O)c1ccccc1[N+](=O)[O-]. The van der Waals surface area contributed by atoms with Crippen molar-refractivity contribution in [2.75, 3.05) is 13.1 Å². The lowest BCUT2D eigenvalue weighted by molar-refractivity contribution is -0.387. The number of sulfonamides is 1. The summed E-state index contributed by atoms with van der Waals surface area (Å²) < 4.78 is 32.2. The van der Waals surface area contributed by atoms with Gasteiger partial charge in [0, 0.05) is 19.2 Å². The second-order valence-electron chi connectivity index (χ2n) is 6.73. The second kappa shape index (κ2) is 8.95. The van der Waals surface area contributed by atoms with E-state index in [4.69, 9.17) is 4.74 Å². The van der Waals surface area contributed by atoms with Crippen LogP contribution in [0.5, 0.6) is 0 Å². The molecule has 146 valence electrons. The van der Waals surface area contributed by atoms with Gasteiger partial charge in [0.05, 0.1) is 4.92 Å². The fourth-order valence-corrected chi connectivity index (χ4v) is 3.33. The molecule has 9 nitrogen and oxygen atoms in total. The normalized spacial score (nSPS) is 13.1. The third kappa shape index (κ3) is 6.96. The Kier molecular flexibility index (Phi) is 7.52. The largest absolute Gasteiger partial charge is 0.444 e. The molecule has 1 rings (SSSR count). The number of nitro benzene ring substituents is 1. The van der Waals surface area contributed by atoms with Gasteiger partial charge in [-0.1, -0.05) is 25.5 Å². The Balaban J connectivity index is 2.70. The number of nitro groups is 1. The molecule has 0 saturated carbocycles. The van der Waals surface area contributed by atoms with Gasteiger partial charge in [0.2, 0.25) is 10.0 Å². The minimum atomic E-state index is -4.04. The highest BCUT2D eigenvalue weighted by molar-refractivity contribution is 7.89. The molecule has 0 spiro atoms. The highest BCUT2D eigenvalue weighted by Crippen LogP contribution is 2.22. The second-order valence-corrected chi connectivity index (χ2v) is 8.47. The first-order chi connectivity index (χ1) is 12.0. The predicted octanol–water partition coefficient (Wildman–Crippen LogP) is 2.42. The van der Waals surface area contributed by atoms with Gasteiger partial charge in [-0.05, 0) is 32.8 Å². The number of benzene rings is 1. The van der Waals surface area contributed by atoms with Crippen LogP contribution in [0.15, 0.2) is 29.2 Å². The molecule has 1 aromatic rings. The molecule has 0 bridgehead atoms. The van der Waals surface area contributed by atoms with Crippen LogP contribution in [0.3, 0.4) is 0 Å². The quantitative estimate of drug-likeness (QED) is 0.521. The molecule has 1 atom stereocenters. The van der Waals surface area contributed by atoms with Gasteiger partial charge in [0.15, 0.2) is 4.90 Å². The maximum atomic E-state index is 12.4. The van der Waals surface area contributed by atoms with Crippen LogP contribution in [0, 0.1) is 16.0 Å². The van der Waals surface area contributed by atoms with Crippen molar-refractivity contribution in [3.63, 3.8) is 0 Å². The molecule has 0 fully saturated rings. The minimum absolute atomic E-state index is 0.0285. The number of carbonyl (C=O) groups is 1. The number of hydrogen-bond acceptors (Lipinski definition) is 6. The smallest absolute Gasteiger partial charge is 0.407 e. The maximum Gasteiger partial charge on any atom is 0.407 e. The van der Waals surface area contributed by atoms with Crippen LogP contribution in [0.4, 0.5) is 10.5 Å². The van der Waals surface area contributed by atoms with Crippen molar-refractivity contribution in [3.8, 4) is 0 Å². The highest BCUT2D eigenvalue weighted by atomic mass is 32.2. The summed E-state index contributed by atoms with van der Waals surface area (Å²) >= 11 is 0. The van der Waals surface area contributed by atoms with Crippen LogP contribution >= 0.6 is 0 Å². The molecule has 0 radical (unpaired) electrons. The van der Waals surface area contributed by atoms with Crippen LogP contribution in [-0.4, -0.2) is 38.1 Å². The molecule has 0 aliphatic rings. The van der Waals surface area contributed by atoms with E-state index in [2.05, 4.69) is 10.0 Å². The number of rotatable bonds is 8. The van der Waals surface area contributed by atoms with E-state index in [0.717, 1.165) is 6.07 Å². The predicted molar refractivity (Wildman–Crippen MR) is 96.3 cm³/mol. The summed E-state index contributed by atoms with van der Waals surface area (Å²) in [6, 6.07) is 5.13. The number of nitrogens with one attached hydrogen (secondary N) is 2. The van der Waals surface area contributed by atoms with Gasteiger partial charge in [0.1, 0.15) is 5.60 Å². The van der Waals surface area contributed by atoms with Gasteiger partial charge < -0.3 is 10.1 Å². The fraction of sp³-hybridized carbons (Fsp3) is 0.562. The lowest BCUT2D eigenvalue weighted by atomic mass is 10.1. The van der Waals surface area contributed by atoms with E-state index in [0.29, 0.717) is 6.42 Å². The van der Waals surface area contributed by atoms with Crippen molar-refractivity contribution in [3.05, 3.63) is 34.4 Å². The Hall–Kier alpha value is -2.20. The highest BCUT2D eigenvalue weighted by Gasteiger charge is 2.25. The molecule has 10 heteroatoms. The first kappa shape index (κ1) is 21.8. The molecule has 0 aliphatic heterocycles. The van der Waals surface area contributed by atoms with Gasteiger partial charge >= 0.3 is 6.09 Å². The van der Waals surface area contributed by atoms with E-state index in [1.807, 2.05) is 6.92 Å². The zero-order valence-corrected chi connectivity index (χ0v) is 16.1. The van der Waals surface area contributed by atoms with E-state index in [-0.39, 0.29) is 23.9 Å². The van der Waals surface area contributed by atoms with Crippen molar-refractivity contribution in [2.24, 2.45) is 5.92 Å². The molecule has 0 aliphatic carbocycles. The summed E-state index contributed by atoms with van der Waals surface area (Å²) in [7, 11) is -4.04. The standard InChI is InChI=1S/C16H25N3O6S/c1-5-12(10-17-15(20)25-16(2,3)4)11-18-26(23,24)14-9-7-6-8-13(14)19(21)22/h6-9,12,18H,5,10-11H2,1-4H3,(H,17,20). The van der Waals surface area contributed by atoms with E-state index < -0.39 is 32.3 Å². The number of amides is 1. The number of ether oxygens (including phenoxy) is 1. The number of alkyl carbamates (subject to hydrolysis) is 1. The summed E-state index contributed by atoms with van der Waals surface area (Å²) in [5.74, 6) is -0.194. The van der Waals surface area contributed by atoms with Crippen molar-refractivity contribution < 1.29 is 22.9 Å². The molecule has 0 heterocycles. The Labute approximate surface area is 153 Å². The van der Waals surface area contributed by atoms with Crippen LogP contribution in [0.1, 0.15) is 34.1 Å². The first-order valence-corrected chi connectivity index (χ1v) is 9.64. The third-order valence-corrected chi connectivity index (χ3v) is 4.90. The van der Waals surface area contributed by atoms with Crippen molar-refractivity contribution in [2.45, 2.75) is 44.6 Å². The fourth-order valence-electron chi connectivity index (χ4n) is 2.04. The monoisotopic (exact) mass is 387 g/mol. The van der Waals surface area contributed by atoms with Crippen LogP contribution in [0.25, 0.3) is 0 Å². The Morgan fingerprint density at radius 2 is 1.88 bits per heavy atom. The third-order valence-electron chi connectivity index (χ3n) is 3.42. The van der Waals surface area contributed by atoms with E-state index in [1.165, 1.54) is 18.2 Å². The number of hydrogen-bond donors (Lipinski definition) is 2. The zero-order chi connectivity index (χ0) is 20.0. The maximum absolute atomic E-state index is 12.4. The van der Waals surface area contributed by atoms with Crippen molar-refractivity contribution in [1.29, 1.82) is 0 Å². The van der Waals surface area contributed by atoms with Gasteiger partial charge in [-0.3, -0.25) is 10.1 Å². The average molecular weight is 387 g/mol. The zero-order valence-electron chi connectivity index (χ0n) is 15.3. The summed E-state index contributed by atoms with van der Waals surface area (Å²) in [6.45, 7) is 7.31. The van der Waals surface area contributed by atoms with E-state index in [1.54, 1.807) is 20.8 Å². The van der Waals surface area contributed by atoms with Crippen LogP contribution < -0.4 is 10.0 Å². The van der Waals surface area contributed by atoms with Gasteiger partial charge in [0.25, 0.3) is 5.69 Å². The molecular formula is C16H25N3O6S. The summed E-state index contributed by atoms with van der Waals surface area (Å²) in [5.41, 5.74) is -1.11. The lowest BCUT2D eigenvalue weighted by Crippen LogP contribution is -2.39. The molecule has 26 heavy (non-hydrogen) atoms. The lowest BCUT2D eigenvalue weighted by Gasteiger charge is -2.21. The average Bonchev–Trinajstić information content (AvgIpc) is 2.53. The van der Waals surface area contributed by atoms with Gasteiger partial charge in [-0.15, -0.1) is 0 Å². The Bertz CT molecular complexity index is 743. The topological polar surface area (TPSA) is 128 Å². The molecule has 1 unspecified atom stereocenters. The molecule has 0 saturated heterocycles. The van der Waals surface area contributed by atoms with E-state index in [9.17, 15) is 23.3 Å². The number of para-hydroxylation sites is 1. The first-order valence-electron chi connectivity index (χ1n) is 8.16. The Morgan fingerprint density at radius 1 is 1.27 bits per heavy atom. The summed E-state index contributed by atoms with van der Waals surface area (Å²) in [5, 5.41) is 13.6. The van der Waals surface area contributed by atoms with Crippen LogP contribution in [-0.2, 0) is 14.8 Å². The van der Waals surface area contributed by atoms with Gasteiger partial charge in [-0.25, -0.2) is 17.9 Å². The molecule has 2 N–H and O–H groups in total. The minimum Gasteiger partial charge on any atom is -0.444 e. The van der Waals surface area contributed by atoms with Crippen molar-refractivity contribution in [1.82, 2.24) is 10.0 Å². The summed E-state index contributed by atoms with van der Waals surface area (Å²) in [6.07, 6.45) is 0.00682. The number of carbonyl (C=O) groups excluding carboxylic acids is 1. The molecular weight excluding hydrogens is 362 g/mol.